The van der Waals surface area contributed by atoms with Gasteiger partial charge in [-0.3, -0.25) is 0 Å². The standard InChI is InChI=1S/C30H46O4/c1-17-14-20-24(26(4,5)31)34-30(32-20)16-28(7)19-8-9-21-25(2,3)22-11-13-29(21,33-22)15-18(19)10-12-27(28,6)23(17)30/h17,20-24,31H,8-16H2,1-7H3/t17-,20-,21+,22-,23-,24+,27-,28+,29-,30-/m1/s1. The number of hydrogen-bond donors (Lipinski definition) is 1. The minimum atomic E-state index is -0.885. The molecule has 4 saturated heterocycles. The van der Waals surface area contributed by atoms with Gasteiger partial charge < -0.3 is 19.3 Å². The van der Waals surface area contributed by atoms with Crippen molar-refractivity contribution in [2.75, 3.05) is 0 Å². The summed E-state index contributed by atoms with van der Waals surface area (Å²) < 4.78 is 20.7. The van der Waals surface area contributed by atoms with Crippen LogP contribution in [0.15, 0.2) is 11.1 Å². The van der Waals surface area contributed by atoms with Gasteiger partial charge in [0.25, 0.3) is 0 Å². The molecule has 3 aliphatic carbocycles. The maximum atomic E-state index is 11.0. The van der Waals surface area contributed by atoms with E-state index < -0.39 is 11.4 Å². The lowest BCUT2D eigenvalue weighted by Crippen LogP contribution is -2.49. The number of rotatable bonds is 1. The highest BCUT2D eigenvalue weighted by atomic mass is 16.8. The van der Waals surface area contributed by atoms with Crippen molar-refractivity contribution in [3.05, 3.63) is 11.1 Å². The third kappa shape index (κ3) is 2.46. The lowest BCUT2D eigenvalue weighted by Gasteiger charge is -2.52. The fourth-order valence-corrected chi connectivity index (χ4v) is 11.3. The molecule has 4 bridgehead atoms. The summed E-state index contributed by atoms with van der Waals surface area (Å²) in [4.78, 5) is 0. The number of allylic oxidation sites excluding steroid dienone is 1. The fraction of sp³-hybridized carbons (Fsp3) is 0.933. The minimum Gasteiger partial charge on any atom is -0.388 e. The van der Waals surface area contributed by atoms with Gasteiger partial charge in [-0.05, 0) is 93.3 Å². The summed E-state index contributed by atoms with van der Waals surface area (Å²) in [6.45, 7) is 16.3. The normalized spacial score (nSPS) is 57.2. The quantitative estimate of drug-likeness (QED) is 0.466. The summed E-state index contributed by atoms with van der Waals surface area (Å²) in [5.41, 5.74) is 3.19. The Morgan fingerprint density at radius 1 is 0.971 bits per heavy atom. The van der Waals surface area contributed by atoms with Gasteiger partial charge in [-0.2, -0.15) is 0 Å². The molecule has 0 aromatic carbocycles. The van der Waals surface area contributed by atoms with Gasteiger partial charge in [-0.15, -0.1) is 0 Å². The van der Waals surface area contributed by atoms with E-state index in [9.17, 15) is 5.11 Å². The molecule has 4 aliphatic heterocycles. The lowest BCUT2D eigenvalue weighted by atomic mass is 9.52. The van der Waals surface area contributed by atoms with E-state index >= 15 is 0 Å². The zero-order chi connectivity index (χ0) is 24.1. The van der Waals surface area contributed by atoms with Crippen LogP contribution in [-0.2, 0) is 14.2 Å². The van der Waals surface area contributed by atoms with Gasteiger partial charge in [-0.1, -0.05) is 45.8 Å². The zero-order valence-corrected chi connectivity index (χ0v) is 22.5. The van der Waals surface area contributed by atoms with E-state index in [1.54, 1.807) is 11.1 Å². The Kier molecular flexibility index (Phi) is 4.24. The van der Waals surface area contributed by atoms with Crippen LogP contribution in [0.25, 0.3) is 0 Å². The van der Waals surface area contributed by atoms with Crippen LogP contribution in [0, 0.1) is 34.0 Å². The Labute approximate surface area is 206 Å². The van der Waals surface area contributed by atoms with Crippen molar-refractivity contribution in [2.45, 2.75) is 142 Å². The molecule has 0 amide bonds. The largest absolute Gasteiger partial charge is 0.388 e. The molecule has 0 aromatic heterocycles. The van der Waals surface area contributed by atoms with Crippen LogP contribution in [0.2, 0.25) is 0 Å². The van der Waals surface area contributed by atoms with Gasteiger partial charge in [0.05, 0.1) is 23.4 Å². The molecule has 190 valence electrons. The maximum Gasteiger partial charge on any atom is 0.173 e. The first kappa shape index (κ1) is 22.8. The SMILES string of the molecule is C[C@@H]1C[C@H]2O[C@]3(C[C@@]4(C)C5=C(CC[C@]4(C)[C@@H]13)C[C@@]13CC[C@@H](O1)C(C)(C)[C@@H]3CC5)O[C@@H]2C(C)(C)O. The molecule has 0 radical (unpaired) electrons. The maximum absolute atomic E-state index is 11.0. The number of aliphatic hydroxyl groups is 1. The average molecular weight is 471 g/mol. The van der Waals surface area contributed by atoms with Gasteiger partial charge in [0.1, 0.15) is 6.10 Å². The third-order valence-electron chi connectivity index (χ3n) is 12.7. The smallest absolute Gasteiger partial charge is 0.173 e. The first-order valence-corrected chi connectivity index (χ1v) is 14.2. The first-order valence-electron chi connectivity index (χ1n) is 14.2. The summed E-state index contributed by atoms with van der Waals surface area (Å²) >= 11 is 0. The van der Waals surface area contributed by atoms with Crippen LogP contribution in [0.5, 0.6) is 0 Å². The second kappa shape index (κ2) is 6.34. The predicted molar refractivity (Wildman–Crippen MR) is 131 cm³/mol. The molecule has 0 unspecified atom stereocenters. The molecule has 2 spiro atoms. The topological polar surface area (TPSA) is 47.9 Å². The van der Waals surface area contributed by atoms with Crippen molar-refractivity contribution in [3.63, 3.8) is 0 Å². The van der Waals surface area contributed by atoms with E-state index in [0.29, 0.717) is 29.3 Å². The molecular weight excluding hydrogens is 424 g/mol. The molecule has 1 N–H and O–H groups in total. The summed E-state index contributed by atoms with van der Waals surface area (Å²) in [6.07, 6.45) is 10.7. The fourth-order valence-electron chi connectivity index (χ4n) is 11.3. The molecule has 10 atom stereocenters. The highest BCUT2D eigenvalue weighted by Crippen LogP contribution is 2.76. The number of fused-ring (bicyclic) bond motifs is 5. The lowest BCUT2D eigenvalue weighted by molar-refractivity contribution is -0.245. The van der Waals surface area contributed by atoms with Gasteiger partial charge in [-0.25, -0.2) is 0 Å². The van der Waals surface area contributed by atoms with E-state index in [1.807, 2.05) is 13.8 Å². The van der Waals surface area contributed by atoms with Crippen molar-refractivity contribution < 1.29 is 19.3 Å². The van der Waals surface area contributed by atoms with E-state index in [0.717, 1.165) is 19.3 Å². The first-order chi connectivity index (χ1) is 15.8. The Morgan fingerprint density at radius 3 is 2.47 bits per heavy atom. The summed E-state index contributed by atoms with van der Waals surface area (Å²) in [5.74, 6) is 1.05. The Bertz CT molecular complexity index is 961. The second-order valence-electron chi connectivity index (χ2n) is 15.2. The Hall–Kier alpha value is -0.420. The van der Waals surface area contributed by atoms with Crippen LogP contribution in [0.3, 0.4) is 0 Å². The molecule has 4 nitrogen and oxygen atoms in total. The van der Waals surface area contributed by atoms with Gasteiger partial charge in [0.15, 0.2) is 5.79 Å². The average Bonchev–Trinajstić information content (AvgIpc) is 3.33. The van der Waals surface area contributed by atoms with Crippen LogP contribution >= 0.6 is 0 Å². The number of hydrogen-bond acceptors (Lipinski definition) is 4. The van der Waals surface area contributed by atoms with Crippen molar-refractivity contribution in [1.29, 1.82) is 0 Å². The predicted octanol–water partition coefficient (Wildman–Crippen LogP) is 6.16. The van der Waals surface area contributed by atoms with Crippen LogP contribution < -0.4 is 0 Å². The van der Waals surface area contributed by atoms with Gasteiger partial charge >= 0.3 is 0 Å². The highest BCUT2D eigenvalue weighted by molar-refractivity contribution is 5.38. The van der Waals surface area contributed by atoms with Crippen LogP contribution in [0.1, 0.15) is 106 Å². The van der Waals surface area contributed by atoms with Crippen LogP contribution in [-0.4, -0.2) is 40.4 Å². The van der Waals surface area contributed by atoms with E-state index in [-0.39, 0.29) is 28.6 Å². The Balaban J connectivity index is 1.31. The molecular formula is C30H46O4. The molecule has 7 aliphatic rings. The second-order valence-corrected chi connectivity index (χ2v) is 15.2. The Morgan fingerprint density at radius 2 is 1.74 bits per heavy atom. The van der Waals surface area contributed by atoms with E-state index in [2.05, 4.69) is 34.6 Å². The van der Waals surface area contributed by atoms with Crippen molar-refractivity contribution in [1.82, 2.24) is 0 Å². The van der Waals surface area contributed by atoms with E-state index in [4.69, 9.17) is 14.2 Å². The summed E-state index contributed by atoms with van der Waals surface area (Å²) in [6, 6.07) is 0. The van der Waals surface area contributed by atoms with Gasteiger partial charge in [0, 0.05) is 12.3 Å². The highest BCUT2D eigenvalue weighted by Gasteiger charge is 2.76. The molecule has 1 saturated carbocycles. The molecule has 34 heavy (non-hydrogen) atoms. The minimum absolute atomic E-state index is 0.00375. The molecule has 7 rings (SSSR count). The monoisotopic (exact) mass is 470 g/mol. The summed E-state index contributed by atoms with van der Waals surface area (Å²) in [7, 11) is 0. The van der Waals surface area contributed by atoms with Crippen LogP contribution in [0.4, 0.5) is 0 Å². The number of ether oxygens (including phenoxy) is 3. The van der Waals surface area contributed by atoms with Crippen molar-refractivity contribution in [2.24, 2.45) is 34.0 Å². The molecule has 4 heteroatoms. The zero-order valence-electron chi connectivity index (χ0n) is 22.5. The summed E-state index contributed by atoms with van der Waals surface area (Å²) in [5, 5.41) is 11.0. The van der Waals surface area contributed by atoms with Gasteiger partial charge in [0.2, 0.25) is 0 Å². The molecule has 0 aromatic rings. The molecule has 4 heterocycles. The van der Waals surface area contributed by atoms with Crippen molar-refractivity contribution in [3.8, 4) is 0 Å². The van der Waals surface area contributed by atoms with Crippen molar-refractivity contribution >= 4 is 0 Å². The third-order valence-corrected chi connectivity index (χ3v) is 12.7. The molecule has 5 fully saturated rings. The van der Waals surface area contributed by atoms with E-state index in [1.165, 1.54) is 38.5 Å².